The van der Waals surface area contributed by atoms with Gasteiger partial charge in [0, 0.05) is 26.3 Å². The van der Waals surface area contributed by atoms with Crippen LogP contribution in [-0.4, -0.2) is 30.4 Å². The maximum Gasteiger partial charge on any atom is 0.411 e. The average Bonchev–Trinajstić information content (AvgIpc) is 2.89. The smallest absolute Gasteiger partial charge is 0.367 e. The number of aromatic nitrogens is 1. The number of guanidine groups is 1. The summed E-state index contributed by atoms with van der Waals surface area (Å²) < 4.78 is 42.7. The van der Waals surface area contributed by atoms with Crippen LogP contribution in [0.4, 0.5) is 13.2 Å². The Balaban J connectivity index is 1.80. The first-order valence-electron chi connectivity index (χ1n) is 8.36. The number of hydrogen-bond acceptors (Lipinski definition) is 2. The molecule has 2 N–H and O–H groups in total. The van der Waals surface area contributed by atoms with E-state index >= 15 is 0 Å². The molecule has 0 bridgehead atoms. The maximum absolute atomic E-state index is 12.1. The molecule has 2 rings (SSSR count). The monoisotopic (exact) mass is 436 g/mol. The van der Waals surface area contributed by atoms with Gasteiger partial charge in [-0.3, -0.25) is 4.99 Å². The minimum atomic E-state index is -4.32. The molecule has 154 valence electrons. The first-order valence-corrected chi connectivity index (χ1v) is 9.11. The topological polar surface area (TPSA) is 50.6 Å². The summed E-state index contributed by atoms with van der Waals surface area (Å²) in [5.41, 5.74) is 2.53. The fourth-order valence-corrected chi connectivity index (χ4v) is 2.79. The lowest BCUT2D eigenvalue weighted by atomic mass is 10.1. The number of halogens is 5. The van der Waals surface area contributed by atoms with E-state index in [0.29, 0.717) is 34.8 Å². The second-order valence-corrected chi connectivity index (χ2v) is 6.80. The van der Waals surface area contributed by atoms with Crippen molar-refractivity contribution in [1.82, 2.24) is 15.2 Å². The third-order valence-corrected chi connectivity index (χ3v) is 4.74. The normalized spacial score (nSPS) is 12.3. The van der Waals surface area contributed by atoms with Gasteiger partial charge in [-0.25, -0.2) is 0 Å². The van der Waals surface area contributed by atoms with E-state index < -0.39 is 12.8 Å². The fourth-order valence-electron chi connectivity index (χ4n) is 2.38. The molecule has 0 aliphatic rings. The van der Waals surface area contributed by atoms with Crippen LogP contribution < -0.4 is 10.6 Å². The highest BCUT2D eigenvalue weighted by atomic mass is 35.5. The zero-order valence-electron chi connectivity index (χ0n) is 15.4. The predicted molar refractivity (Wildman–Crippen MR) is 105 cm³/mol. The lowest BCUT2D eigenvalue weighted by Gasteiger charge is -2.13. The molecule has 0 saturated heterocycles. The SMILES string of the molecule is CN=C(NCc1ccc(COCC(F)(F)F)cc1)NCc1cc(Cl)c(Cl)n1C. The number of hydrogen-bond donors (Lipinski definition) is 2. The Hall–Kier alpha value is -1.90. The van der Waals surface area contributed by atoms with Crippen molar-refractivity contribution >= 4 is 29.2 Å². The van der Waals surface area contributed by atoms with Crippen molar-refractivity contribution < 1.29 is 17.9 Å². The van der Waals surface area contributed by atoms with Gasteiger partial charge >= 0.3 is 6.18 Å². The van der Waals surface area contributed by atoms with Crippen molar-refractivity contribution in [2.24, 2.45) is 12.0 Å². The van der Waals surface area contributed by atoms with Crippen LogP contribution in [0.5, 0.6) is 0 Å². The van der Waals surface area contributed by atoms with Crippen LogP contribution in [0.3, 0.4) is 0 Å². The van der Waals surface area contributed by atoms with Crippen molar-refractivity contribution in [3.63, 3.8) is 0 Å². The Kier molecular flexibility index (Phi) is 8.03. The summed E-state index contributed by atoms with van der Waals surface area (Å²) in [4.78, 5) is 4.15. The van der Waals surface area contributed by atoms with Crippen molar-refractivity contribution in [3.8, 4) is 0 Å². The van der Waals surface area contributed by atoms with Crippen LogP contribution in [0.1, 0.15) is 16.8 Å². The number of rotatable bonds is 7. The van der Waals surface area contributed by atoms with Crippen LogP contribution in [0.25, 0.3) is 0 Å². The highest BCUT2D eigenvalue weighted by Gasteiger charge is 2.27. The minimum Gasteiger partial charge on any atom is -0.367 e. The van der Waals surface area contributed by atoms with Gasteiger partial charge in [0.25, 0.3) is 0 Å². The summed E-state index contributed by atoms with van der Waals surface area (Å²) in [7, 11) is 3.47. The number of aliphatic imine (C=N–C) groups is 1. The molecule has 5 nitrogen and oxygen atoms in total. The summed E-state index contributed by atoms with van der Waals surface area (Å²) >= 11 is 12.0. The van der Waals surface area contributed by atoms with Gasteiger partial charge in [-0.1, -0.05) is 47.5 Å². The van der Waals surface area contributed by atoms with Crippen molar-refractivity contribution in [2.45, 2.75) is 25.9 Å². The Morgan fingerprint density at radius 1 is 1.11 bits per heavy atom. The molecule has 0 unspecified atom stereocenters. The number of ether oxygens (including phenoxy) is 1. The summed E-state index contributed by atoms with van der Waals surface area (Å²) in [6, 6.07) is 8.89. The summed E-state index contributed by atoms with van der Waals surface area (Å²) in [5.74, 6) is 0.589. The van der Waals surface area contributed by atoms with E-state index in [1.165, 1.54) is 0 Å². The number of nitrogens with one attached hydrogen (secondary N) is 2. The highest BCUT2D eigenvalue weighted by Crippen LogP contribution is 2.24. The third kappa shape index (κ3) is 6.92. The number of nitrogens with zero attached hydrogens (tertiary/aromatic N) is 2. The zero-order chi connectivity index (χ0) is 20.7. The number of alkyl halides is 3. The zero-order valence-corrected chi connectivity index (χ0v) is 16.9. The average molecular weight is 437 g/mol. The second kappa shape index (κ2) is 10.0. The minimum absolute atomic E-state index is 0.0851. The predicted octanol–water partition coefficient (Wildman–Crippen LogP) is 4.28. The van der Waals surface area contributed by atoms with Gasteiger partial charge in [0.05, 0.1) is 18.2 Å². The first-order chi connectivity index (χ1) is 13.2. The van der Waals surface area contributed by atoms with Crippen LogP contribution in [0, 0.1) is 0 Å². The second-order valence-electron chi connectivity index (χ2n) is 6.04. The standard InChI is InChI=1S/C18H21Cl2F3N4O/c1-24-17(26-9-14-7-15(19)16(20)27(14)2)25-8-12-3-5-13(6-4-12)10-28-11-18(21,22)23/h3-7H,8-11H2,1-2H3,(H2,24,25,26). The van der Waals surface area contributed by atoms with Gasteiger partial charge in [-0.15, -0.1) is 0 Å². The van der Waals surface area contributed by atoms with E-state index in [1.54, 1.807) is 29.8 Å². The van der Waals surface area contributed by atoms with E-state index in [1.807, 2.05) is 19.2 Å². The molecule has 0 aliphatic heterocycles. The van der Waals surface area contributed by atoms with Crippen LogP contribution in [-0.2, 0) is 31.5 Å². The quantitative estimate of drug-likeness (QED) is 0.503. The summed E-state index contributed by atoms with van der Waals surface area (Å²) in [6.45, 7) is -0.357. The molecule has 0 fully saturated rings. The van der Waals surface area contributed by atoms with Gasteiger partial charge in [-0.05, 0) is 17.2 Å². The van der Waals surface area contributed by atoms with E-state index in [9.17, 15) is 13.2 Å². The molecule has 1 aromatic heterocycles. The number of benzene rings is 1. The van der Waals surface area contributed by atoms with E-state index in [2.05, 4.69) is 20.4 Å². The lowest BCUT2D eigenvalue weighted by molar-refractivity contribution is -0.176. The van der Waals surface area contributed by atoms with Gasteiger partial charge in [0.2, 0.25) is 0 Å². The van der Waals surface area contributed by atoms with Crippen molar-refractivity contribution in [2.75, 3.05) is 13.7 Å². The molecule has 1 heterocycles. The van der Waals surface area contributed by atoms with E-state index in [0.717, 1.165) is 11.3 Å². The Morgan fingerprint density at radius 2 is 1.71 bits per heavy atom. The fraction of sp³-hybridized carbons (Fsp3) is 0.389. The molecule has 1 aromatic carbocycles. The molecule has 0 radical (unpaired) electrons. The largest absolute Gasteiger partial charge is 0.411 e. The highest BCUT2D eigenvalue weighted by molar-refractivity contribution is 6.41. The van der Waals surface area contributed by atoms with Crippen LogP contribution >= 0.6 is 23.2 Å². The van der Waals surface area contributed by atoms with Gasteiger partial charge < -0.3 is 19.9 Å². The molecule has 0 amide bonds. The van der Waals surface area contributed by atoms with E-state index in [4.69, 9.17) is 23.2 Å². The van der Waals surface area contributed by atoms with Crippen LogP contribution in [0.2, 0.25) is 10.2 Å². The summed E-state index contributed by atoms with van der Waals surface area (Å²) in [6.07, 6.45) is -4.32. The Labute approximate surface area is 171 Å². The molecule has 0 spiro atoms. The van der Waals surface area contributed by atoms with E-state index in [-0.39, 0.29) is 6.61 Å². The van der Waals surface area contributed by atoms with Crippen LogP contribution in [0.15, 0.2) is 35.3 Å². The molecule has 2 aromatic rings. The molecule has 10 heteroatoms. The molecule has 0 saturated carbocycles. The van der Waals surface area contributed by atoms with Crippen molar-refractivity contribution in [3.05, 3.63) is 57.3 Å². The van der Waals surface area contributed by atoms with Gasteiger partial charge in [0.15, 0.2) is 5.96 Å². The van der Waals surface area contributed by atoms with Gasteiger partial charge in [0.1, 0.15) is 11.8 Å². The molecule has 28 heavy (non-hydrogen) atoms. The first kappa shape index (κ1) is 22.4. The van der Waals surface area contributed by atoms with Crippen molar-refractivity contribution in [1.29, 1.82) is 0 Å². The van der Waals surface area contributed by atoms with Gasteiger partial charge in [-0.2, -0.15) is 13.2 Å². The molecule has 0 atom stereocenters. The summed E-state index contributed by atoms with van der Waals surface area (Å²) in [5, 5.41) is 7.29. The maximum atomic E-state index is 12.1. The Bertz CT molecular complexity index is 804. The molecular weight excluding hydrogens is 416 g/mol. The molecular formula is C18H21Cl2F3N4O. The third-order valence-electron chi connectivity index (χ3n) is 3.89. The Morgan fingerprint density at radius 3 is 2.25 bits per heavy atom. The lowest BCUT2D eigenvalue weighted by Crippen LogP contribution is -2.36. The molecule has 0 aliphatic carbocycles.